The fraction of sp³-hybridized carbons (Fsp3) is 0.591. The molecule has 1 spiro atoms. The first-order valence-corrected chi connectivity index (χ1v) is 10.5. The molecular weight excluding hydrogens is 352 g/mol. The molecule has 28 heavy (non-hydrogen) atoms. The number of hydrogen-bond donors (Lipinski definition) is 1. The smallest absolute Gasteiger partial charge is 0.317 e. The highest BCUT2D eigenvalue weighted by atomic mass is 16.2. The average Bonchev–Trinajstić information content (AvgIpc) is 3.35. The SMILES string of the molecule is CCC1=N[C@]2(CC[C@H]3CN(C(=O)NCc4ccccc4C)C[C@H]32)C(=O)N1CC. The van der Waals surface area contributed by atoms with Crippen molar-refractivity contribution >= 4 is 17.8 Å². The van der Waals surface area contributed by atoms with Crippen molar-refractivity contribution in [2.75, 3.05) is 19.6 Å². The van der Waals surface area contributed by atoms with Gasteiger partial charge in [-0.05, 0) is 43.7 Å². The number of urea groups is 1. The number of amidine groups is 1. The first-order valence-electron chi connectivity index (χ1n) is 10.5. The zero-order valence-corrected chi connectivity index (χ0v) is 17.1. The molecule has 1 aliphatic carbocycles. The number of benzene rings is 1. The number of aryl methyl sites for hydroxylation is 1. The van der Waals surface area contributed by atoms with E-state index in [1.165, 1.54) is 5.56 Å². The van der Waals surface area contributed by atoms with Crippen LogP contribution in [-0.4, -0.2) is 52.7 Å². The minimum atomic E-state index is -0.628. The van der Waals surface area contributed by atoms with Crippen LogP contribution in [0.4, 0.5) is 4.79 Å². The highest BCUT2D eigenvalue weighted by Gasteiger charge is 2.61. The van der Waals surface area contributed by atoms with Crippen LogP contribution >= 0.6 is 0 Å². The maximum atomic E-state index is 13.2. The number of aliphatic imine (C=N–C) groups is 1. The molecule has 2 heterocycles. The van der Waals surface area contributed by atoms with Crippen LogP contribution in [0.15, 0.2) is 29.3 Å². The summed E-state index contributed by atoms with van der Waals surface area (Å²) in [7, 11) is 0. The highest BCUT2D eigenvalue weighted by molar-refractivity contribution is 6.08. The molecule has 0 bridgehead atoms. The zero-order valence-electron chi connectivity index (χ0n) is 17.1. The minimum absolute atomic E-state index is 0.0368. The number of nitrogens with one attached hydrogen (secondary N) is 1. The van der Waals surface area contributed by atoms with Crippen LogP contribution in [0.5, 0.6) is 0 Å². The Kier molecular flexibility index (Phi) is 4.89. The first kappa shape index (κ1) is 19.0. The van der Waals surface area contributed by atoms with E-state index < -0.39 is 5.54 Å². The number of carbonyl (C=O) groups is 2. The molecule has 1 aromatic rings. The normalized spacial score (nSPS) is 28.8. The number of amides is 3. The van der Waals surface area contributed by atoms with Gasteiger partial charge in [-0.3, -0.25) is 14.7 Å². The molecule has 0 aromatic heterocycles. The second kappa shape index (κ2) is 7.22. The fourth-order valence-electron chi connectivity index (χ4n) is 5.24. The predicted molar refractivity (Wildman–Crippen MR) is 109 cm³/mol. The quantitative estimate of drug-likeness (QED) is 0.870. The molecule has 0 unspecified atom stereocenters. The van der Waals surface area contributed by atoms with Crippen molar-refractivity contribution in [3.05, 3.63) is 35.4 Å². The van der Waals surface area contributed by atoms with Crippen molar-refractivity contribution in [1.82, 2.24) is 15.1 Å². The van der Waals surface area contributed by atoms with E-state index in [2.05, 4.69) is 25.2 Å². The Balaban J connectivity index is 1.45. The van der Waals surface area contributed by atoms with E-state index in [9.17, 15) is 9.59 Å². The van der Waals surface area contributed by atoms with E-state index in [4.69, 9.17) is 4.99 Å². The number of hydrogen-bond acceptors (Lipinski definition) is 3. The van der Waals surface area contributed by atoms with Crippen LogP contribution in [0, 0.1) is 18.8 Å². The summed E-state index contributed by atoms with van der Waals surface area (Å²) in [5.41, 5.74) is 1.68. The summed E-state index contributed by atoms with van der Waals surface area (Å²) >= 11 is 0. The number of rotatable bonds is 4. The zero-order chi connectivity index (χ0) is 19.9. The van der Waals surface area contributed by atoms with E-state index in [1.807, 2.05) is 34.9 Å². The average molecular weight is 383 g/mol. The molecular formula is C22H30N4O2. The van der Waals surface area contributed by atoms with Gasteiger partial charge in [0.25, 0.3) is 5.91 Å². The van der Waals surface area contributed by atoms with Gasteiger partial charge in [-0.15, -0.1) is 0 Å². The molecule has 2 aliphatic heterocycles. The predicted octanol–water partition coefficient (Wildman–Crippen LogP) is 2.96. The Hall–Kier alpha value is -2.37. The molecule has 2 fully saturated rings. The van der Waals surface area contributed by atoms with E-state index in [0.717, 1.165) is 37.2 Å². The molecule has 1 saturated heterocycles. The Morgan fingerprint density at radius 1 is 1.29 bits per heavy atom. The molecule has 3 atom stereocenters. The van der Waals surface area contributed by atoms with Crippen molar-refractivity contribution in [3.8, 4) is 0 Å². The molecule has 1 N–H and O–H groups in total. The number of likely N-dealkylation sites (tertiary alicyclic amines) is 1. The van der Waals surface area contributed by atoms with Gasteiger partial charge in [-0.2, -0.15) is 0 Å². The van der Waals surface area contributed by atoms with Gasteiger partial charge in [-0.1, -0.05) is 31.2 Å². The molecule has 0 radical (unpaired) electrons. The van der Waals surface area contributed by atoms with Gasteiger partial charge in [0.1, 0.15) is 11.4 Å². The van der Waals surface area contributed by atoms with Gasteiger partial charge in [0.05, 0.1) is 0 Å². The third-order valence-corrected chi connectivity index (χ3v) is 6.82. The van der Waals surface area contributed by atoms with Crippen molar-refractivity contribution in [3.63, 3.8) is 0 Å². The standard InChI is InChI=1S/C22H30N4O2/c1-4-19-24-22(20(27)26(19)5-2)11-10-17-13-25(14-18(17)22)21(28)23-12-16-9-7-6-8-15(16)3/h6-9,17-18H,4-5,10-14H2,1-3H3,(H,23,28)/t17-,18+,22-/m0/s1. The second-order valence-corrected chi connectivity index (χ2v) is 8.25. The van der Waals surface area contributed by atoms with Gasteiger partial charge in [0.2, 0.25) is 0 Å². The van der Waals surface area contributed by atoms with E-state index >= 15 is 0 Å². The van der Waals surface area contributed by atoms with Gasteiger partial charge in [0, 0.05) is 38.5 Å². The third kappa shape index (κ3) is 2.90. The molecule has 4 rings (SSSR count). The lowest BCUT2D eigenvalue weighted by Gasteiger charge is -2.28. The Morgan fingerprint density at radius 2 is 2.07 bits per heavy atom. The summed E-state index contributed by atoms with van der Waals surface area (Å²) in [6.45, 7) is 8.67. The van der Waals surface area contributed by atoms with Crippen LogP contribution in [0.1, 0.15) is 44.2 Å². The molecule has 1 aromatic carbocycles. The Labute approximate surface area is 167 Å². The Bertz CT molecular complexity index is 821. The molecule has 150 valence electrons. The van der Waals surface area contributed by atoms with Crippen molar-refractivity contribution in [1.29, 1.82) is 0 Å². The van der Waals surface area contributed by atoms with Crippen molar-refractivity contribution in [2.24, 2.45) is 16.8 Å². The van der Waals surface area contributed by atoms with Crippen molar-refractivity contribution < 1.29 is 9.59 Å². The van der Waals surface area contributed by atoms with Crippen LogP contribution < -0.4 is 5.32 Å². The lowest BCUT2D eigenvalue weighted by Crippen LogP contribution is -2.47. The van der Waals surface area contributed by atoms with Crippen LogP contribution in [0.2, 0.25) is 0 Å². The largest absolute Gasteiger partial charge is 0.334 e. The maximum Gasteiger partial charge on any atom is 0.317 e. The number of nitrogens with zero attached hydrogens (tertiary/aromatic N) is 3. The monoisotopic (exact) mass is 382 g/mol. The third-order valence-electron chi connectivity index (χ3n) is 6.82. The lowest BCUT2D eigenvalue weighted by molar-refractivity contribution is -0.132. The van der Waals surface area contributed by atoms with E-state index in [0.29, 0.717) is 25.6 Å². The highest BCUT2D eigenvalue weighted by Crippen LogP contribution is 2.50. The number of carbonyl (C=O) groups excluding carboxylic acids is 2. The van der Waals surface area contributed by atoms with Gasteiger partial charge in [-0.25, -0.2) is 4.79 Å². The first-order chi connectivity index (χ1) is 13.5. The lowest BCUT2D eigenvalue weighted by atomic mass is 9.85. The molecule has 6 nitrogen and oxygen atoms in total. The number of fused-ring (bicyclic) bond motifs is 2. The van der Waals surface area contributed by atoms with E-state index in [1.54, 1.807) is 0 Å². The summed E-state index contributed by atoms with van der Waals surface area (Å²) in [5, 5.41) is 3.06. The minimum Gasteiger partial charge on any atom is -0.334 e. The summed E-state index contributed by atoms with van der Waals surface area (Å²) in [5.74, 6) is 1.58. The topological polar surface area (TPSA) is 65.0 Å². The van der Waals surface area contributed by atoms with Crippen LogP contribution in [0.3, 0.4) is 0 Å². The van der Waals surface area contributed by atoms with E-state index in [-0.39, 0.29) is 17.9 Å². The fourth-order valence-corrected chi connectivity index (χ4v) is 5.24. The van der Waals surface area contributed by atoms with Gasteiger partial charge in [0.15, 0.2) is 0 Å². The Morgan fingerprint density at radius 3 is 2.75 bits per heavy atom. The molecule has 3 amide bonds. The van der Waals surface area contributed by atoms with Crippen LogP contribution in [0.25, 0.3) is 0 Å². The van der Waals surface area contributed by atoms with Crippen LogP contribution in [-0.2, 0) is 11.3 Å². The van der Waals surface area contributed by atoms with Gasteiger partial charge < -0.3 is 10.2 Å². The maximum absolute atomic E-state index is 13.2. The summed E-state index contributed by atoms with van der Waals surface area (Å²) in [6.07, 6.45) is 2.56. The van der Waals surface area contributed by atoms with Gasteiger partial charge >= 0.3 is 6.03 Å². The molecule has 1 saturated carbocycles. The molecule has 6 heteroatoms. The summed E-state index contributed by atoms with van der Waals surface area (Å²) in [4.78, 5) is 34.6. The molecule has 3 aliphatic rings. The van der Waals surface area contributed by atoms with Crippen molar-refractivity contribution in [2.45, 2.75) is 52.1 Å². The second-order valence-electron chi connectivity index (χ2n) is 8.25. The number of likely N-dealkylation sites (N-methyl/N-ethyl adjacent to an activating group) is 1. The summed E-state index contributed by atoms with van der Waals surface area (Å²) < 4.78 is 0. The summed E-state index contributed by atoms with van der Waals surface area (Å²) in [6, 6.07) is 8.06.